The molecule has 6 heteroatoms. The lowest BCUT2D eigenvalue weighted by Gasteiger charge is -2.31. The maximum absolute atomic E-state index is 12.5. The predicted octanol–water partition coefficient (Wildman–Crippen LogP) is 1.95. The van der Waals surface area contributed by atoms with Gasteiger partial charge < -0.3 is 15.4 Å². The third kappa shape index (κ3) is 2.88. The van der Waals surface area contributed by atoms with Gasteiger partial charge in [0.25, 0.3) is 5.91 Å². The Morgan fingerprint density at radius 1 is 1.45 bits per heavy atom. The second-order valence-corrected chi connectivity index (χ2v) is 5.22. The Bertz CT molecular complexity index is 533. The number of anilines is 1. The van der Waals surface area contributed by atoms with E-state index in [0.717, 1.165) is 12.8 Å². The van der Waals surface area contributed by atoms with Gasteiger partial charge in [-0.15, -0.1) is 0 Å². The van der Waals surface area contributed by atoms with Crippen molar-refractivity contribution in [1.82, 2.24) is 4.90 Å². The highest BCUT2D eigenvalue weighted by molar-refractivity contribution is 6.33. The van der Waals surface area contributed by atoms with Crippen LogP contribution in [0.5, 0.6) is 0 Å². The molecule has 1 amide bonds. The maximum Gasteiger partial charge on any atom is 0.310 e. The Hall–Kier alpha value is -1.75. The molecule has 1 aromatic rings. The number of carbonyl (C=O) groups excluding carboxylic acids is 2. The van der Waals surface area contributed by atoms with Crippen LogP contribution in [0.3, 0.4) is 0 Å². The topological polar surface area (TPSA) is 72.6 Å². The zero-order valence-corrected chi connectivity index (χ0v) is 12.0. The van der Waals surface area contributed by atoms with E-state index in [2.05, 4.69) is 0 Å². The molecule has 0 saturated carbocycles. The zero-order chi connectivity index (χ0) is 14.7. The molecule has 0 aliphatic carbocycles. The summed E-state index contributed by atoms with van der Waals surface area (Å²) in [6.45, 7) is 0.968. The molecule has 5 nitrogen and oxygen atoms in total. The number of carbonyl (C=O) groups is 2. The lowest BCUT2D eigenvalue weighted by atomic mass is 9.97. The van der Waals surface area contributed by atoms with Gasteiger partial charge in [0.15, 0.2) is 0 Å². The van der Waals surface area contributed by atoms with Gasteiger partial charge in [-0.2, -0.15) is 0 Å². The molecule has 1 aromatic carbocycles. The van der Waals surface area contributed by atoms with Crippen LogP contribution < -0.4 is 5.73 Å². The lowest BCUT2D eigenvalue weighted by Crippen LogP contribution is -2.42. The summed E-state index contributed by atoms with van der Waals surface area (Å²) in [4.78, 5) is 25.7. The molecule has 2 rings (SSSR count). The van der Waals surface area contributed by atoms with E-state index in [1.807, 2.05) is 0 Å². The van der Waals surface area contributed by atoms with Crippen LogP contribution in [0.1, 0.15) is 23.2 Å². The molecule has 1 heterocycles. The molecule has 1 saturated heterocycles. The number of piperidine rings is 1. The number of amides is 1. The molecule has 2 N–H and O–H groups in total. The summed E-state index contributed by atoms with van der Waals surface area (Å²) in [5.74, 6) is -0.738. The number of hydrogen-bond donors (Lipinski definition) is 1. The van der Waals surface area contributed by atoms with Gasteiger partial charge in [0.1, 0.15) is 0 Å². The Labute approximate surface area is 122 Å². The van der Waals surface area contributed by atoms with Gasteiger partial charge in [-0.05, 0) is 25.0 Å². The monoisotopic (exact) mass is 296 g/mol. The second kappa shape index (κ2) is 6.13. The smallest absolute Gasteiger partial charge is 0.310 e. The van der Waals surface area contributed by atoms with Crippen molar-refractivity contribution in [2.75, 3.05) is 25.9 Å². The van der Waals surface area contributed by atoms with Crippen LogP contribution in [-0.2, 0) is 9.53 Å². The van der Waals surface area contributed by atoms with E-state index < -0.39 is 0 Å². The van der Waals surface area contributed by atoms with E-state index in [9.17, 15) is 9.59 Å². The van der Waals surface area contributed by atoms with Gasteiger partial charge in [-0.3, -0.25) is 9.59 Å². The number of methoxy groups -OCH3 is 1. The van der Waals surface area contributed by atoms with Crippen LogP contribution >= 0.6 is 11.6 Å². The number of nitrogens with zero attached hydrogens (tertiary/aromatic N) is 1. The summed E-state index contributed by atoms with van der Waals surface area (Å²) in [5.41, 5.74) is 6.49. The number of benzene rings is 1. The van der Waals surface area contributed by atoms with Crippen LogP contribution in [0.4, 0.5) is 5.69 Å². The first kappa shape index (κ1) is 14.7. The first-order valence-electron chi connectivity index (χ1n) is 6.45. The summed E-state index contributed by atoms with van der Waals surface area (Å²) < 4.78 is 4.74. The van der Waals surface area contributed by atoms with Crippen molar-refractivity contribution in [3.63, 3.8) is 0 Å². The van der Waals surface area contributed by atoms with Crippen LogP contribution in [0.2, 0.25) is 5.02 Å². The molecule has 108 valence electrons. The number of nitrogen functional groups attached to an aromatic ring is 1. The molecule has 1 fully saturated rings. The van der Waals surface area contributed by atoms with Gasteiger partial charge in [0.05, 0.1) is 29.3 Å². The first-order chi connectivity index (χ1) is 9.54. The minimum Gasteiger partial charge on any atom is -0.469 e. The highest BCUT2D eigenvalue weighted by Gasteiger charge is 2.30. The molecular weight excluding hydrogens is 280 g/mol. The van der Waals surface area contributed by atoms with Gasteiger partial charge in [0, 0.05) is 13.1 Å². The fourth-order valence-corrected chi connectivity index (χ4v) is 2.59. The largest absolute Gasteiger partial charge is 0.469 e. The quantitative estimate of drug-likeness (QED) is 0.669. The minimum atomic E-state index is -0.276. The molecule has 0 aromatic heterocycles. The van der Waals surface area contributed by atoms with Crippen molar-refractivity contribution in [1.29, 1.82) is 0 Å². The van der Waals surface area contributed by atoms with Gasteiger partial charge in [0.2, 0.25) is 0 Å². The third-order valence-corrected chi connectivity index (χ3v) is 3.86. The highest BCUT2D eigenvalue weighted by Crippen LogP contribution is 2.26. The number of halogens is 1. The van der Waals surface area contributed by atoms with Crippen LogP contribution in [0.25, 0.3) is 0 Å². The molecule has 1 atom stereocenters. The van der Waals surface area contributed by atoms with Crippen LogP contribution in [-0.4, -0.2) is 37.0 Å². The van der Waals surface area contributed by atoms with Crippen molar-refractivity contribution in [3.05, 3.63) is 28.8 Å². The second-order valence-electron chi connectivity index (χ2n) is 4.81. The van der Waals surface area contributed by atoms with Crippen molar-refractivity contribution >= 4 is 29.2 Å². The first-order valence-corrected chi connectivity index (χ1v) is 6.83. The summed E-state index contributed by atoms with van der Waals surface area (Å²) in [5, 5.41) is 0.359. The predicted molar refractivity (Wildman–Crippen MR) is 76.5 cm³/mol. The minimum absolute atomic E-state index is 0.196. The van der Waals surface area contributed by atoms with Crippen LogP contribution in [0, 0.1) is 5.92 Å². The number of ether oxygens (including phenoxy) is 1. The van der Waals surface area contributed by atoms with E-state index in [4.69, 9.17) is 22.1 Å². The van der Waals surface area contributed by atoms with Crippen molar-refractivity contribution in [3.8, 4) is 0 Å². The Kier molecular flexibility index (Phi) is 4.49. The van der Waals surface area contributed by atoms with Gasteiger partial charge >= 0.3 is 5.97 Å². The number of likely N-dealkylation sites (tertiary alicyclic amines) is 1. The molecule has 0 bridgehead atoms. The number of nitrogens with two attached hydrogens (primary N) is 1. The summed E-state index contributed by atoms with van der Waals surface area (Å²) >= 11 is 5.93. The van der Waals surface area contributed by atoms with Crippen LogP contribution in [0.15, 0.2) is 18.2 Å². The average molecular weight is 297 g/mol. The van der Waals surface area contributed by atoms with E-state index in [1.54, 1.807) is 23.1 Å². The summed E-state index contributed by atoms with van der Waals surface area (Å²) in [6, 6.07) is 4.97. The van der Waals surface area contributed by atoms with Crippen molar-refractivity contribution in [2.24, 2.45) is 5.92 Å². The van der Waals surface area contributed by atoms with Crippen molar-refractivity contribution in [2.45, 2.75) is 12.8 Å². The molecular formula is C14H17ClN2O3. The number of para-hydroxylation sites is 1. The molecule has 0 spiro atoms. The molecule has 1 aliphatic rings. The van der Waals surface area contributed by atoms with Crippen molar-refractivity contribution < 1.29 is 14.3 Å². The number of esters is 1. The lowest BCUT2D eigenvalue weighted by molar-refractivity contribution is -0.146. The van der Waals surface area contributed by atoms with Gasteiger partial charge in [-0.25, -0.2) is 0 Å². The average Bonchev–Trinajstić information content (AvgIpc) is 2.48. The fourth-order valence-electron chi connectivity index (χ4n) is 2.41. The van der Waals surface area contributed by atoms with E-state index in [0.29, 0.717) is 23.7 Å². The SMILES string of the molecule is COC(=O)C1CCCN(C(=O)c2cccc(Cl)c2N)C1. The number of rotatable bonds is 2. The summed E-state index contributed by atoms with van der Waals surface area (Å²) in [6.07, 6.45) is 1.51. The third-order valence-electron chi connectivity index (χ3n) is 3.53. The highest BCUT2D eigenvalue weighted by atomic mass is 35.5. The maximum atomic E-state index is 12.5. The Morgan fingerprint density at radius 3 is 2.90 bits per heavy atom. The summed E-state index contributed by atoms with van der Waals surface area (Å²) in [7, 11) is 1.36. The van der Waals surface area contributed by atoms with E-state index in [1.165, 1.54) is 7.11 Å². The normalized spacial score (nSPS) is 18.7. The molecule has 20 heavy (non-hydrogen) atoms. The number of hydrogen-bond acceptors (Lipinski definition) is 4. The van der Waals surface area contributed by atoms with E-state index >= 15 is 0 Å². The standard InChI is InChI=1S/C14H17ClN2O3/c1-20-14(19)9-4-3-7-17(8-9)13(18)10-5-2-6-11(15)12(10)16/h2,5-6,9H,3-4,7-8,16H2,1H3. The Morgan fingerprint density at radius 2 is 2.20 bits per heavy atom. The molecule has 1 aliphatic heterocycles. The molecule has 0 radical (unpaired) electrons. The van der Waals surface area contributed by atoms with Gasteiger partial charge in [-0.1, -0.05) is 17.7 Å². The molecule has 1 unspecified atom stereocenters. The Balaban J connectivity index is 2.16. The fraction of sp³-hybridized carbons (Fsp3) is 0.429. The van der Waals surface area contributed by atoms with E-state index in [-0.39, 0.29) is 23.5 Å². The zero-order valence-electron chi connectivity index (χ0n) is 11.3.